The van der Waals surface area contributed by atoms with Crippen LogP contribution in [0.4, 0.5) is 5.82 Å². The van der Waals surface area contributed by atoms with Gasteiger partial charge in [0.1, 0.15) is 5.76 Å². The maximum atomic E-state index is 11.8. The SMILES string of the molecule is Cc1cc(NC(=O)CSCC(=O)NC2CCNC(C)C2)no1. The lowest BCUT2D eigenvalue weighted by Crippen LogP contribution is -2.47. The monoisotopic (exact) mass is 326 g/mol. The highest BCUT2D eigenvalue weighted by Gasteiger charge is 2.19. The minimum Gasteiger partial charge on any atom is -0.360 e. The van der Waals surface area contributed by atoms with E-state index in [1.807, 2.05) is 0 Å². The Kier molecular flexibility index (Phi) is 6.26. The molecule has 2 unspecified atom stereocenters. The number of nitrogens with one attached hydrogen (secondary N) is 3. The van der Waals surface area contributed by atoms with E-state index in [0.717, 1.165) is 19.4 Å². The lowest BCUT2D eigenvalue weighted by molar-refractivity contribution is -0.119. The Morgan fingerprint density at radius 3 is 2.91 bits per heavy atom. The van der Waals surface area contributed by atoms with Gasteiger partial charge in [-0.1, -0.05) is 5.16 Å². The number of amides is 2. The number of carbonyl (C=O) groups excluding carboxylic acids is 2. The summed E-state index contributed by atoms with van der Waals surface area (Å²) in [7, 11) is 0. The van der Waals surface area contributed by atoms with Crippen molar-refractivity contribution in [1.82, 2.24) is 15.8 Å². The highest BCUT2D eigenvalue weighted by Crippen LogP contribution is 2.10. The third-order valence-corrected chi connectivity index (χ3v) is 4.28. The molecule has 1 fully saturated rings. The molecule has 1 saturated heterocycles. The average molecular weight is 326 g/mol. The first-order valence-corrected chi connectivity index (χ1v) is 8.52. The number of aryl methyl sites for hydroxylation is 1. The fourth-order valence-electron chi connectivity index (χ4n) is 2.37. The predicted molar refractivity (Wildman–Crippen MR) is 85.8 cm³/mol. The molecule has 0 bridgehead atoms. The molecule has 0 aromatic carbocycles. The molecule has 22 heavy (non-hydrogen) atoms. The van der Waals surface area contributed by atoms with E-state index < -0.39 is 0 Å². The zero-order valence-corrected chi connectivity index (χ0v) is 13.7. The van der Waals surface area contributed by atoms with E-state index in [1.165, 1.54) is 11.8 Å². The number of hydrogen-bond donors (Lipinski definition) is 3. The second-order valence-electron chi connectivity index (χ2n) is 5.51. The molecule has 0 saturated carbocycles. The number of piperidine rings is 1. The van der Waals surface area contributed by atoms with Gasteiger partial charge in [-0.05, 0) is 33.2 Å². The van der Waals surface area contributed by atoms with Gasteiger partial charge in [0.15, 0.2) is 5.82 Å². The van der Waals surface area contributed by atoms with Crippen LogP contribution in [0, 0.1) is 6.92 Å². The van der Waals surface area contributed by atoms with Gasteiger partial charge in [0.05, 0.1) is 11.5 Å². The number of aromatic nitrogens is 1. The molecule has 0 spiro atoms. The molecule has 1 aromatic heterocycles. The van der Waals surface area contributed by atoms with Crippen LogP contribution in [-0.4, -0.2) is 47.1 Å². The molecule has 2 atom stereocenters. The van der Waals surface area contributed by atoms with Crippen LogP contribution in [0.3, 0.4) is 0 Å². The minimum atomic E-state index is -0.193. The van der Waals surface area contributed by atoms with Crippen molar-refractivity contribution in [1.29, 1.82) is 0 Å². The van der Waals surface area contributed by atoms with Crippen molar-refractivity contribution in [3.05, 3.63) is 11.8 Å². The summed E-state index contributed by atoms with van der Waals surface area (Å²) in [5.41, 5.74) is 0. The molecule has 1 aliphatic rings. The lowest BCUT2D eigenvalue weighted by Gasteiger charge is -2.28. The van der Waals surface area contributed by atoms with Crippen molar-refractivity contribution in [2.45, 2.75) is 38.8 Å². The smallest absolute Gasteiger partial charge is 0.235 e. The molecule has 8 heteroatoms. The molecular formula is C14H22N4O3S. The third kappa shape index (κ3) is 5.69. The van der Waals surface area contributed by atoms with Crippen LogP contribution >= 0.6 is 11.8 Å². The van der Waals surface area contributed by atoms with Gasteiger partial charge >= 0.3 is 0 Å². The van der Waals surface area contributed by atoms with Gasteiger partial charge < -0.3 is 20.5 Å². The van der Waals surface area contributed by atoms with E-state index in [1.54, 1.807) is 13.0 Å². The number of thioether (sulfide) groups is 1. The van der Waals surface area contributed by atoms with Gasteiger partial charge in [0.25, 0.3) is 0 Å². The topological polar surface area (TPSA) is 96.3 Å². The van der Waals surface area contributed by atoms with Crippen LogP contribution in [0.2, 0.25) is 0 Å². The Hall–Kier alpha value is -1.54. The predicted octanol–water partition coefficient (Wildman–Crippen LogP) is 0.911. The maximum Gasteiger partial charge on any atom is 0.235 e. The van der Waals surface area contributed by atoms with E-state index >= 15 is 0 Å². The van der Waals surface area contributed by atoms with Gasteiger partial charge in [-0.25, -0.2) is 0 Å². The molecule has 122 valence electrons. The molecule has 0 radical (unpaired) electrons. The average Bonchev–Trinajstić information content (AvgIpc) is 2.84. The highest BCUT2D eigenvalue weighted by atomic mass is 32.2. The third-order valence-electron chi connectivity index (χ3n) is 3.35. The van der Waals surface area contributed by atoms with Gasteiger partial charge in [-0.2, -0.15) is 0 Å². The van der Waals surface area contributed by atoms with Crippen molar-refractivity contribution in [3.63, 3.8) is 0 Å². The van der Waals surface area contributed by atoms with E-state index in [4.69, 9.17) is 4.52 Å². The highest BCUT2D eigenvalue weighted by molar-refractivity contribution is 8.00. The standard InChI is InChI=1S/C14H22N4O3S/c1-9-5-11(3-4-15-9)16-13(19)7-22-8-14(20)17-12-6-10(2)21-18-12/h6,9,11,15H,3-5,7-8H2,1-2H3,(H,16,19)(H,17,18,20). The summed E-state index contributed by atoms with van der Waals surface area (Å²) < 4.78 is 4.86. The summed E-state index contributed by atoms with van der Waals surface area (Å²) in [6.07, 6.45) is 1.90. The Bertz CT molecular complexity index is 520. The van der Waals surface area contributed by atoms with Crippen molar-refractivity contribution in [3.8, 4) is 0 Å². The largest absolute Gasteiger partial charge is 0.360 e. The van der Waals surface area contributed by atoms with Crippen LogP contribution in [-0.2, 0) is 9.59 Å². The van der Waals surface area contributed by atoms with Gasteiger partial charge in [-0.15, -0.1) is 11.8 Å². The van der Waals surface area contributed by atoms with Crippen molar-refractivity contribution in [2.75, 3.05) is 23.4 Å². The quantitative estimate of drug-likeness (QED) is 0.719. The number of nitrogens with zero attached hydrogens (tertiary/aromatic N) is 1. The molecule has 1 aromatic rings. The Labute approximate surface area is 134 Å². The van der Waals surface area contributed by atoms with Crippen molar-refractivity contribution < 1.29 is 14.1 Å². The number of hydrogen-bond acceptors (Lipinski definition) is 6. The Morgan fingerprint density at radius 1 is 1.45 bits per heavy atom. The number of anilines is 1. The second kappa shape index (κ2) is 8.19. The molecule has 3 N–H and O–H groups in total. The van der Waals surface area contributed by atoms with E-state index in [0.29, 0.717) is 17.6 Å². The molecule has 1 aliphatic heterocycles. The van der Waals surface area contributed by atoms with E-state index in [-0.39, 0.29) is 29.4 Å². The minimum absolute atomic E-state index is 0.0193. The molecule has 2 heterocycles. The van der Waals surface area contributed by atoms with Gasteiger partial charge in [-0.3, -0.25) is 9.59 Å². The van der Waals surface area contributed by atoms with Gasteiger partial charge in [0, 0.05) is 18.2 Å². The van der Waals surface area contributed by atoms with Crippen LogP contribution in [0.5, 0.6) is 0 Å². The summed E-state index contributed by atoms with van der Waals surface area (Å²) in [6, 6.07) is 2.31. The van der Waals surface area contributed by atoms with Crippen LogP contribution in [0.1, 0.15) is 25.5 Å². The van der Waals surface area contributed by atoms with E-state index in [2.05, 4.69) is 28.0 Å². The van der Waals surface area contributed by atoms with E-state index in [9.17, 15) is 9.59 Å². The molecule has 2 rings (SSSR count). The summed E-state index contributed by atoms with van der Waals surface area (Å²) in [6.45, 7) is 4.80. The molecule has 0 aliphatic carbocycles. The number of carbonyl (C=O) groups is 2. The van der Waals surface area contributed by atoms with Crippen LogP contribution in [0.25, 0.3) is 0 Å². The summed E-state index contributed by atoms with van der Waals surface area (Å²) in [5, 5.41) is 12.7. The molecular weight excluding hydrogens is 304 g/mol. The first-order chi connectivity index (χ1) is 10.5. The first kappa shape index (κ1) is 16.8. The van der Waals surface area contributed by atoms with Crippen molar-refractivity contribution in [2.24, 2.45) is 0 Å². The van der Waals surface area contributed by atoms with Crippen LogP contribution < -0.4 is 16.0 Å². The van der Waals surface area contributed by atoms with Crippen molar-refractivity contribution >= 4 is 29.4 Å². The lowest BCUT2D eigenvalue weighted by atomic mass is 10.0. The second-order valence-corrected chi connectivity index (χ2v) is 6.49. The molecule has 7 nitrogen and oxygen atoms in total. The Morgan fingerprint density at radius 2 is 2.23 bits per heavy atom. The summed E-state index contributed by atoms with van der Waals surface area (Å²) in [5.74, 6) is 1.32. The normalized spacial score (nSPS) is 21.4. The summed E-state index contributed by atoms with van der Waals surface area (Å²) >= 11 is 1.29. The number of rotatable bonds is 6. The molecule has 2 amide bonds. The zero-order valence-electron chi connectivity index (χ0n) is 12.8. The Balaban J connectivity index is 1.61. The maximum absolute atomic E-state index is 11.8. The zero-order chi connectivity index (χ0) is 15.9. The van der Waals surface area contributed by atoms with Crippen LogP contribution in [0.15, 0.2) is 10.6 Å². The first-order valence-electron chi connectivity index (χ1n) is 7.36. The fraction of sp³-hybridized carbons (Fsp3) is 0.643. The summed E-state index contributed by atoms with van der Waals surface area (Å²) in [4.78, 5) is 23.5. The fourth-order valence-corrected chi connectivity index (χ4v) is 3.00. The van der Waals surface area contributed by atoms with Gasteiger partial charge in [0.2, 0.25) is 11.8 Å².